The molecule has 1 aliphatic rings. The smallest absolute Gasteiger partial charge is 0.228 e. The zero-order chi connectivity index (χ0) is 16.8. The summed E-state index contributed by atoms with van der Waals surface area (Å²) < 4.78 is 5.52. The zero-order valence-electron chi connectivity index (χ0n) is 14.3. The van der Waals surface area contributed by atoms with Crippen molar-refractivity contribution in [2.24, 2.45) is 0 Å². The van der Waals surface area contributed by atoms with Crippen LogP contribution in [0.15, 0.2) is 41.0 Å². The molecule has 3 rings (SSSR count). The van der Waals surface area contributed by atoms with Gasteiger partial charge in [0.1, 0.15) is 6.26 Å². The van der Waals surface area contributed by atoms with E-state index in [1.54, 1.807) is 6.26 Å². The Bertz CT molecular complexity index is 654. The van der Waals surface area contributed by atoms with Gasteiger partial charge in [-0.25, -0.2) is 4.98 Å². The summed E-state index contributed by atoms with van der Waals surface area (Å²) in [6.07, 6.45) is 4.11. The molecule has 2 aromatic rings. The van der Waals surface area contributed by atoms with Crippen molar-refractivity contribution in [2.75, 3.05) is 32.7 Å². The zero-order valence-corrected chi connectivity index (χ0v) is 14.3. The average Bonchev–Trinajstić information content (AvgIpc) is 2.94. The number of nitrogens with zero attached hydrogens (tertiary/aromatic N) is 3. The summed E-state index contributed by atoms with van der Waals surface area (Å²) >= 11 is 0. The van der Waals surface area contributed by atoms with Gasteiger partial charge in [0.05, 0.1) is 12.1 Å². The van der Waals surface area contributed by atoms with Crippen LogP contribution in [0.5, 0.6) is 0 Å². The maximum absolute atomic E-state index is 12.6. The van der Waals surface area contributed by atoms with Gasteiger partial charge in [0.2, 0.25) is 11.8 Å². The lowest BCUT2D eigenvalue weighted by atomic mass is 10.2. The van der Waals surface area contributed by atoms with Crippen LogP contribution in [0, 0.1) is 0 Å². The second-order valence-corrected chi connectivity index (χ2v) is 6.26. The van der Waals surface area contributed by atoms with Gasteiger partial charge in [0.15, 0.2) is 0 Å². The van der Waals surface area contributed by atoms with Crippen molar-refractivity contribution in [2.45, 2.75) is 26.2 Å². The van der Waals surface area contributed by atoms with Gasteiger partial charge in [-0.15, -0.1) is 0 Å². The molecule has 1 amide bonds. The van der Waals surface area contributed by atoms with Crippen molar-refractivity contribution in [1.82, 2.24) is 14.8 Å². The first-order valence-corrected chi connectivity index (χ1v) is 8.76. The molecule has 0 atom stereocenters. The maximum Gasteiger partial charge on any atom is 0.228 e. The minimum atomic E-state index is 0.140. The number of hydrogen-bond donors (Lipinski definition) is 0. The molecule has 5 heteroatoms. The molecule has 5 nitrogen and oxygen atoms in total. The van der Waals surface area contributed by atoms with E-state index in [1.807, 2.05) is 35.2 Å². The van der Waals surface area contributed by atoms with Crippen LogP contribution in [-0.2, 0) is 11.2 Å². The summed E-state index contributed by atoms with van der Waals surface area (Å²) in [7, 11) is 0. The third-order valence-corrected chi connectivity index (χ3v) is 4.39. The van der Waals surface area contributed by atoms with E-state index in [1.165, 1.54) is 0 Å². The van der Waals surface area contributed by atoms with E-state index in [4.69, 9.17) is 4.42 Å². The van der Waals surface area contributed by atoms with Crippen LogP contribution in [0.3, 0.4) is 0 Å². The third kappa shape index (κ3) is 4.23. The van der Waals surface area contributed by atoms with Crippen molar-refractivity contribution in [1.29, 1.82) is 0 Å². The lowest BCUT2D eigenvalue weighted by Crippen LogP contribution is -2.36. The van der Waals surface area contributed by atoms with Crippen LogP contribution in [-0.4, -0.2) is 53.4 Å². The van der Waals surface area contributed by atoms with Gasteiger partial charge in [-0.2, -0.15) is 0 Å². The first-order valence-electron chi connectivity index (χ1n) is 8.76. The summed E-state index contributed by atoms with van der Waals surface area (Å²) in [6.45, 7) is 7.01. The number of carbonyl (C=O) groups is 1. The molecule has 1 saturated heterocycles. The molecule has 1 aliphatic heterocycles. The fraction of sp³-hybridized carbons (Fsp3) is 0.474. The van der Waals surface area contributed by atoms with Crippen LogP contribution >= 0.6 is 0 Å². The Morgan fingerprint density at radius 2 is 2.00 bits per heavy atom. The first kappa shape index (κ1) is 16.7. The second-order valence-electron chi connectivity index (χ2n) is 6.26. The highest BCUT2D eigenvalue weighted by molar-refractivity contribution is 5.78. The largest absolute Gasteiger partial charge is 0.444 e. The number of benzene rings is 1. The highest BCUT2D eigenvalue weighted by Crippen LogP contribution is 2.18. The maximum atomic E-state index is 12.6. The van der Waals surface area contributed by atoms with Gasteiger partial charge in [0.25, 0.3) is 0 Å². The molecule has 1 aromatic carbocycles. The molecule has 0 bridgehead atoms. The number of amides is 1. The number of hydrogen-bond acceptors (Lipinski definition) is 4. The van der Waals surface area contributed by atoms with Gasteiger partial charge in [0, 0.05) is 25.2 Å². The summed E-state index contributed by atoms with van der Waals surface area (Å²) in [5.41, 5.74) is 1.63. The second kappa shape index (κ2) is 8.11. The van der Waals surface area contributed by atoms with Crippen molar-refractivity contribution in [3.05, 3.63) is 42.3 Å². The molecule has 0 spiro atoms. The number of rotatable bonds is 5. The van der Waals surface area contributed by atoms with Gasteiger partial charge in [-0.05, 0) is 38.1 Å². The molecule has 24 heavy (non-hydrogen) atoms. The lowest BCUT2D eigenvalue weighted by Gasteiger charge is -2.21. The van der Waals surface area contributed by atoms with E-state index in [9.17, 15) is 4.79 Å². The van der Waals surface area contributed by atoms with Crippen molar-refractivity contribution >= 4 is 5.91 Å². The number of carbonyl (C=O) groups excluding carboxylic acids is 1. The predicted octanol–water partition coefficient (Wildman–Crippen LogP) is 2.83. The van der Waals surface area contributed by atoms with E-state index in [-0.39, 0.29) is 5.91 Å². The summed E-state index contributed by atoms with van der Waals surface area (Å²) in [5.74, 6) is 0.713. The van der Waals surface area contributed by atoms with Crippen molar-refractivity contribution in [3.63, 3.8) is 0 Å². The standard InChI is InChI=1S/C19H25N3O2/c1-2-9-21-10-6-11-22(13-12-21)18(23)14-17-15-24-19(20-17)16-7-4-3-5-8-16/h3-5,7-8,15H,2,6,9-14H2,1H3. The Morgan fingerprint density at radius 3 is 2.79 bits per heavy atom. The van der Waals surface area contributed by atoms with Gasteiger partial charge >= 0.3 is 0 Å². The van der Waals surface area contributed by atoms with Crippen LogP contribution in [0.2, 0.25) is 0 Å². The molecule has 0 N–H and O–H groups in total. The monoisotopic (exact) mass is 327 g/mol. The lowest BCUT2D eigenvalue weighted by molar-refractivity contribution is -0.130. The van der Waals surface area contributed by atoms with Crippen LogP contribution < -0.4 is 0 Å². The number of oxazole rings is 1. The Morgan fingerprint density at radius 1 is 1.17 bits per heavy atom. The molecule has 0 aliphatic carbocycles. The van der Waals surface area contributed by atoms with Gasteiger partial charge in [-0.3, -0.25) is 4.79 Å². The summed E-state index contributed by atoms with van der Waals surface area (Å²) in [4.78, 5) is 21.4. The minimum Gasteiger partial charge on any atom is -0.444 e. The van der Waals surface area contributed by atoms with E-state index in [0.717, 1.165) is 51.1 Å². The first-order chi connectivity index (χ1) is 11.8. The topological polar surface area (TPSA) is 49.6 Å². The third-order valence-electron chi connectivity index (χ3n) is 4.39. The molecule has 1 aromatic heterocycles. The Kier molecular flexibility index (Phi) is 5.64. The van der Waals surface area contributed by atoms with E-state index < -0.39 is 0 Å². The van der Waals surface area contributed by atoms with Gasteiger partial charge < -0.3 is 14.2 Å². The molecule has 128 valence electrons. The van der Waals surface area contributed by atoms with Crippen LogP contribution in [0.1, 0.15) is 25.5 Å². The predicted molar refractivity (Wildman–Crippen MR) is 93.6 cm³/mol. The highest BCUT2D eigenvalue weighted by Gasteiger charge is 2.20. The molecule has 0 unspecified atom stereocenters. The van der Waals surface area contributed by atoms with E-state index >= 15 is 0 Å². The van der Waals surface area contributed by atoms with E-state index in [0.29, 0.717) is 18.0 Å². The van der Waals surface area contributed by atoms with Crippen molar-refractivity contribution in [3.8, 4) is 11.5 Å². The quantitative estimate of drug-likeness (QED) is 0.847. The molecule has 0 saturated carbocycles. The fourth-order valence-electron chi connectivity index (χ4n) is 3.13. The SMILES string of the molecule is CCCN1CCCN(C(=O)Cc2coc(-c3ccccc3)n2)CC1. The number of aromatic nitrogens is 1. The Hall–Kier alpha value is -2.14. The van der Waals surface area contributed by atoms with Crippen LogP contribution in [0.25, 0.3) is 11.5 Å². The molecule has 0 radical (unpaired) electrons. The average molecular weight is 327 g/mol. The van der Waals surface area contributed by atoms with Gasteiger partial charge in [-0.1, -0.05) is 25.1 Å². The molecular weight excluding hydrogens is 302 g/mol. The van der Waals surface area contributed by atoms with Crippen molar-refractivity contribution < 1.29 is 9.21 Å². The van der Waals surface area contributed by atoms with Crippen LogP contribution in [0.4, 0.5) is 0 Å². The molecular formula is C19H25N3O2. The highest BCUT2D eigenvalue weighted by atomic mass is 16.3. The Balaban J connectivity index is 1.58. The molecule has 2 heterocycles. The summed E-state index contributed by atoms with van der Waals surface area (Å²) in [5, 5.41) is 0. The summed E-state index contributed by atoms with van der Waals surface area (Å²) in [6, 6.07) is 9.76. The molecule has 1 fully saturated rings. The fourth-order valence-corrected chi connectivity index (χ4v) is 3.13. The minimum absolute atomic E-state index is 0.140. The van der Waals surface area contributed by atoms with E-state index in [2.05, 4.69) is 16.8 Å². The normalized spacial score (nSPS) is 16.1. The Labute approximate surface area is 143 Å².